The van der Waals surface area contributed by atoms with Crippen molar-refractivity contribution in [3.63, 3.8) is 0 Å². The molecule has 0 aliphatic heterocycles. The first-order valence-corrected chi connectivity index (χ1v) is 7.45. The summed E-state index contributed by atoms with van der Waals surface area (Å²) in [5.74, 6) is 0.510. The van der Waals surface area contributed by atoms with Crippen LogP contribution in [0.4, 0.5) is 5.69 Å². The topological polar surface area (TPSA) is 58.4 Å². The van der Waals surface area contributed by atoms with E-state index in [1.807, 2.05) is 25.2 Å². The van der Waals surface area contributed by atoms with Gasteiger partial charge in [-0.05, 0) is 30.9 Å². The number of likely N-dealkylation sites (N-methyl/N-ethyl adjacent to an activating group) is 1. The summed E-state index contributed by atoms with van der Waals surface area (Å²) < 4.78 is 0. The summed E-state index contributed by atoms with van der Waals surface area (Å²) in [6.07, 6.45) is 3.90. The molecular weight excluding hydrogens is 321 g/mol. The minimum atomic E-state index is 0. The Morgan fingerprint density at radius 1 is 1.27 bits per heavy atom. The summed E-state index contributed by atoms with van der Waals surface area (Å²) in [7, 11) is 2.04. The quantitative estimate of drug-likeness (QED) is 0.831. The molecule has 1 amide bonds. The Hall–Kier alpha value is -0.970. The van der Waals surface area contributed by atoms with Gasteiger partial charge in [-0.3, -0.25) is 4.79 Å². The van der Waals surface area contributed by atoms with E-state index < -0.39 is 0 Å². The summed E-state index contributed by atoms with van der Waals surface area (Å²) in [5, 5.41) is 2.99. The number of anilines is 1. The highest BCUT2D eigenvalue weighted by atomic mass is 35.5. The molecule has 0 saturated heterocycles. The van der Waals surface area contributed by atoms with Gasteiger partial charge in [0.2, 0.25) is 5.91 Å². The van der Waals surface area contributed by atoms with Gasteiger partial charge in [0.15, 0.2) is 0 Å². The molecule has 1 aliphatic rings. The summed E-state index contributed by atoms with van der Waals surface area (Å²) in [5.41, 5.74) is 7.16. The third-order valence-corrected chi connectivity index (χ3v) is 4.13. The van der Waals surface area contributed by atoms with E-state index in [1.54, 1.807) is 0 Å². The monoisotopic (exact) mass is 347 g/mol. The molecule has 1 aromatic rings. The fourth-order valence-electron chi connectivity index (χ4n) is 2.80. The summed E-state index contributed by atoms with van der Waals surface area (Å²) >= 11 is 0. The van der Waals surface area contributed by atoms with Gasteiger partial charge in [-0.1, -0.05) is 24.6 Å². The maximum atomic E-state index is 11.9. The molecule has 22 heavy (non-hydrogen) atoms. The van der Waals surface area contributed by atoms with Crippen molar-refractivity contribution < 1.29 is 4.79 Å². The van der Waals surface area contributed by atoms with Crippen molar-refractivity contribution in [3.05, 3.63) is 30.3 Å². The highest BCUT2D eigenvalue weighted by Gasteiger charge is 2.25. The average molecular weight is 348 g/mol. The molecule has 0 bridgehead atoms. The van der Waals surface area contributed by atoms with Crippen molar-refractivity contribution in [1.29, 1.82) is 0 Å². The van der Waals surface area contributed by atoms with Gasteiger partial charge in [-0.25, -0.2) is 0 Å². The molecule has 0 radical (unpaired) electrons. The number of amides is 1. The lowest BCUT2D eigenvalue weighted by atomic mass is 10.00. The number of hydrogen-bond donors (Lipinski definition) is 2. The van der Waals surface area contributed by atoms with E-state index in [2.05, 4.69) is 22.3 Å². The van der Waals surface area contributed by atoms with Crippen molar-refractivity contribution in [2.24, 2.45) is 11.7 Å². The largest absolute Gasteiger partial charge is 0.373 e. The van der Waals surface area contributed by atoms with Gasteiger partial charge >= 0.3 is 0 Å². The van der Waals surface area contributed by atoms with E-state index in [9.17, 15) is 4.79 Å². The molecule has 0 aromatic heterocycles. The van der Waals surface area contributed by atoms with Crippen LogP contribution in [0, 0.1) is 5.92 Å². The second kappa shape index (κ2) is 10.7. The van der Waals surface area contributed by atoms with Crippen LogP contribution in [-0.4, -0.2) is 32.1 Å². The van der Waals surface area contributed by atoms with Crippen LogP contribution < -0.4 is 16.0 Å². The molecule has 0 spiro atoms. The molecule has 4 nitrogen and oxygen atoms in total. The lowest BCUT2D eigenvalue weighted by Gasteiger charge is -2.20. The van der Waals surface area contributed by atoms with Gasteiger partial charge < -0.3 is 16.0 Å². The second-order valence-corrected chi connectivity index (χ2v) is 5.67. The number of hydrogen-bond acceptors (Lipinski definition) is 3. The zero-order valence-corrected chi connectivity index (χ0v) is 14.7. The maximum absolute atomic E-state index is 11.9. The van der Waals surface area contributed by atoms with Crippen LogP contribution in [0.3, 0.4) is 0 Å². The van der Waals surface area contributed by atoms with Gasteiger partial charge in [0.25, 0.3) is 0 Å². The summed E-state index contributed by atoms with van der Waals surface area (Å²) in [4.78, 5) is 14.0. The van der Waals surface area contributed by atoms with Crippen LogP contribution in [0.15, 0.2) is 30.3 Å². The first kappa shape index (κ1) is 21.0. The summed E-state index contributed by atoms with van der Waals surface area (Å²) in [6.45, 7) is 1.48. The molecular formula is C16H27Cl2N3O. The highest BCUT2D eigenvalue weighted by Crippen LogP contribution is 2.26. The van der Waals surface area contributed by atoms with Crippen LogP contribution in [0.1, 0.15) is 25.7 Å². The number of benzene rings is 1. The number of para-hydroxylation sites is 1. The molecule has 3 N–H and O–H groups in total. The fourth-order valence-corrected chi connectivity index (χ4v) is 2.80. The van der Waals surface area contributed by atoms with Crippen LogP contribution in [0.25, 0.3) is 0 Å². The molecule has 1 aliphatic carbocycles. The number of halogens is 2. The zero-order chi connectivity index (χ0) is 14.4. The molecule has 1 aromatic carbocycles. The van der Waals surface area contributed by atoms with Gasteiger partial charge in [0, 0.05) is 38.3 Å². The first-order chi connectivity index (χ1) is 9.66. The third-order valence-electron chi connectivity index (χ3n) is 4.13. The van der Waals surface area contributed by atoms with Crippen molar-refractivity contribution in [3.8, 4) is 0 Å². The van der Waals surface area contributed by atoms with E-state index in [0.717, 1.165) is 25.8 Å². The Kier molecular flexibility index (Phi) is 10.2. The Morgan fingerprint density at radius 3 is 2.55 bits per heavy atom. The van der Waals surface area contributed by atoms with E-state index in [0.29, 0.717) is 18.9 Å². The number of nitrogens with two attached hydrogens (primary N) is 1. The number of nitrogens with one attached hydrogen (secondary N) is 1. The average Bonchev–Trinajstić information content (AvgIpc) is 2.85. The maximum Gasteiger partial charge on any atom is 0.220 e. The number of nitrogens with zero attached hydrogens (tertiary/aromatic N) is 1. The molecule has 2 atom stereocenters. The van der Waals surface area contributed by atoms with Crippen LogP contribution in [0.2, 0.25) is 0 Å². The third kappa shape index (κ3) is 6.42. The van der Waals surface area contributed by atoms with Crippen molar-refractivity contribution in [2.75, 3.05) is 25.0 Å². The van der Waals surface area contributed by atoms with Gasteiger partial charge in [0.1, 0.15) is 0 Å². The minimum absolute atomic E-state index is 0. The fraction of sp³-hybridized carbons (Fsp3) is 0.562. The smallest absolute Gasteiger partial charge is 0.220 e. The SMILES string of the molecule is CN(CCNC(=O)C[C@@H]1CCC[C@H]1N)c1ccccc1.Cl.Cl. The predicted octanol–water partition coefficient (Wildman–Crippen LogP) is 2.60. The van der Waals surface area contributed by atoms with Gasteiger partial charge in [0.05, 0.1) is 0 Å². The molecule has 0 heterocycles. The minimum Gasteiger partial charge on any atom is -0.373 e. The predicted molar refractivity (Wildman–Crippen MR) is 97.2 cm³/mol. The van der Waals surface area contributed by atoms with Crippen molar-refractivity contribution in [1.82, 2.24) is 5.32 Å². The number of rotatable bonds is 6. The van der Waals surface area contributed by atoms with Crippen LogP contribution in [-0.2, 0) is 4.79 Å². The Bertz CT molecular complexity index is 431. The van der Waals surface area contributed by atoms with E-state index in [4.69, 9.17) is 5.73 Å². The Balaban J connectivity index is 0.00000220. The van der Waals surface area contributed by atoms with Crippen LogP contribution in [0.5, 0.6) is 0 Å². The summed E-state index contributed by atoms with van der Waals surface area (Å²) in [6, 6.07) is 10.4. The standard InChI is InChI=1S/C16H25N3O.2ClH/c1-19(14-7-3-2-4-8-14)11-10-18-16(20)12-13-6-5-9-15(13)17;;/h2-4,7-8,13,15H,5-6,9-12,17H2,1H3,(H,18,20);2*1H/t13-,15+;;/m0../s1. The van der Waals surface area contributed by atoms with E-state index in [1.165, 1.54) is 5.69 Å². The highest BCUT2D eigenvalue weighted by molar-refractivity contribution is 5.85. The van der Waals surface area contributed by atoms with Gasteiger partial charge in [-0.15, -0.1) is 24.8 Å². The molecule has 6 heteroatoms. The molecule has 1 saturated carbocycles. The lowest BCUT2D eigenvalue weighted by Crippen LogP contribution is -2.35. The molecule has 0 unspecified atom stereocenters. The van der Waals surface area contributed by atoms with E-state index in [-0.39, 0.29) is 36.8 Å². The van der Waals surface area contributed by atoms with Crippen LogP contribution >= 0.6 is 24.8 Å². The number of carbonyl (C=O) groups is 1. The molecule has 1 fully saturated rings. The van der Waals surface area contributed by atoms with Crippen molar-refractivity contribution in [2.45, 2.75) is 31.7 Å². The first-order valence-electron chi connectivity index (χ1n) is 7.45. The zero-order valence-electron chi connectivity index (χ0n) is 13.0. The number of carbonyl (C=O) groups excluding carboxylic acids is 1. The normalized spacial score (nSPS) is 19.7. The lowest BCUT2D eigenvalue weighted by molar-refractivity contribution is -0.122. The van der Waals surface area contributed by atoms with Gasteiger partial charge in [-0.2, -0.15) is 0 Å². The molecule has 2 rings (SSSR count). The van der Waals surface area contributed by atoms with Crippen molar-refractivity contribution >= 4 is 36.4 Å². The Labute approximate surface area is 145 Å². The van der Waals surface area contributed by atoms with E-state index >= 15 is 0 Å². The Morgan fingerprint density at radius 2 is 1.95 bits per heavy atom. The molecule has 126 valence electrons. The second-order valence-electron chi connectivity index (χ2n) is 5.67.